The zero-order valence-corrected chi connectivity index (χ0v) is 31.6. The van der Waals surface area contributed by atoms with Crippen LogP contribution in [-0.4, -0.2) is 62.5 Å². The number of rotatable bonds is 12. The highest BCUT2D eigenvalue weighted by molar-refractivity contribution is 5.89. The summed E-state index contributed by atoms with van der Waals surface area (Å²) in [6.07, 6.45) is -10.5. The highest BCUT2D eigenvalue weighted by Crippen LogP contribution is 2.37. The number of nitrogens with one attached hydrogen (secondary N) is 2. The number of carbonyl (C=O) groups excluding carboxylic acids is 1. The monoisotopic (exact) mass is 750 g/mol. The molecule has 0 aliphatic rings. The fourth-order valence-corrected chi connectivity index (χ4v) is 3.74. The summed E-state index contributed by atoms with van der Waals surface area (Å²) in [5.74, 6) is 0. The van der Waals surface area contributed by atoms with Crippen molar-refractivity contribution in [3.05, 3.63) is 52.1 Å². The highest BCUT2D eigenvalue weighted by Gasteiger charge is 2.35. The van der Waals surface area contributed by atoms with E-state index in [2.05, 4.69) is 21.1 Å². The first-order valence-electron chi connectivity index (χ1n) is 16.2. The molecule has 51 heavy (non-hydrogen) atoms. The largest absolute Gasteiger partial charge is 0.443 e. The lowest BCUT2D eigenvalue weighted by Crippen LogP contribution is -2.38. The number of aryl methyl sites for hydroxylation is 2. The standard InChI is InChI=1S/C23H39F3N6O2.C6H9F3.C5H7F3/c1-9-18-13-16(2)20(14-19(18)23(24,25)26)32(21(33)34-22(4,5)6)12-10-11-17(3)28-15-29-30-31(8)27-7;1-5(2)3-4-6(7,8)9;1-3-4(2)5(6,7)8/h13-14,17,27-28H,9-12,15H2,1-8H3;3H,4H2,1-2H3;3H,1-2H3/b30-29-;;4-3+. The van der Waals surface area contributed by atoms with Crippen molar-refractivity contribution in [3.8, 4) is 0 Å². The van der Waals surface area contributed by atoms with E-state index in [1.54, 1.807) is 62.6 Å². The highest BCUT2D eigenvalue weighted by atomic mass is 19.4. The van der Waals surface area contributed by atoms with Crippen molar-refractivity contribution < 1.29 is 49.0 Å². The summed E-state index contributed by atoms with van der Waals surface area (Å²) in [5, 5.41) is 12.5. The maximum Gasteiger partial charge on any atom is 0.416 e. The quantitative estimate of drug-likeness (QED) is 0.0962. The number of amides is 1. The van der Waals surface area contributed by atoms with E-state index in [1.165, 1.54) is 29.1 Å². The maximum atomic E-state index is 13.7. The average molecular weight is 751 g/mol. The van der Waals surface area contributed by atoms with Crippen LogP contribution in [0.25, 0.3) is 0 Å². The van der Waals surface area contributed by atoms with Gasteiger partial charge in [0, 0.05) is 32.3 Å². The minimum atomic E-state index is -4.51. The van der Waals surface area contributed by atoms with Gasteiger partial charge in [-0.2, -0.15) is 44.6 Å². The maximum absolute atomic E-state index is 13.7. The number of hydrogen-bond acceptors (Lipinski definition) is 6. The number of carbonyl (C=O) groups is 1. The Morgan fingerprint density at radius 2 is 1.59 bits per heavy atom. The van der Waals surface area contributed by atoms with E-state index < -0.39 is 47.8 Å². The molecule has 0 aliphatic carbocycles. The molecule has 1 atom stereocenters. The topological polar surface area (TPSA) is 81.6 Å². The third kappa shape index (κ3) is 23.7. The summed E-state index contributed by atoms with van der Waals surface area (Å²) in [6.45, 7) is 16.8. The average Bonchev–Trinajstić information content (AvgIpc) is 2.98. The summed E-state index contributed by atoms with van der Waals surface area (Å²) in [5.41, 5.74) is 2.45. The van der Waals surface area contributed by atoms with E-state index in [1.807, 2.05) is 6.92 Å². The molecule has 0 bridgehead atoms. The lowest BCUT2D eigenvalue weighted by molar-refractivity contribution is -0.138. The van der Waals surface area contributed by atoms with Gasteiger partial charge in [0.25, 0.3) is 0 Å². The van der Waals surface area contributed by atoms with Crippen LogP contribution in [0.1, 0.15) is 98.3 Å². The van der Waals surface area contributed by atoms with E-state index in [0.29, 0.717) is 30.6 Å². The number of ether oxygens (including phenoxy) is 1. The van der Waals surface area contributed by atoms with Crippen molar-refractivity contribution in [3.63, 3.8) is 0 Å². The Hall–Kier alpha value is -3.34. The Morgan fingerprint density at radius 3 is 1.96 bits per heavy atom. The molecule has 1 rings (SSSR count). The second kappa shape index (κ2) is 22.6. The number of allylic oxidation sites excluding steroid dienone is 4. The van der Waals surface area contributed by atoms with Gasteiger partial charge in [-0.15, -0.1) is 0 Å². The molecule has 0 fully saturated rings. The summed E-state index contributed by atoms with van der Waals surface area (Å²) in [4.78, 5) is 14.3. The lowest BCUT2D eigenvalue weighted by Gasteiger charge is -2.30. The molecule has 296 valence electrons. The Labute approximate surface area is 296 Å². The summed E-state index contributed by atoms with van der Waals surface area (Å²) < 4.78 is 115. The first kappa shape index (κ1) is 49.8. The first-order chi connectivity index (χ1) is 23.1. The SMILES string of the molecule is C/C=C(\C)C(F)(F)F.CC(C)=CCC(F)(F)F.CCc1cc(C)c(N(CCCC(C)NC/N=N\N(C)NC)C(=O)OC(C)(C)C)cc1C(F)(F)F. The van der Waals surface area contributed by atoms with Crippen LogP contribution < -0.4 is 15.6 Å². The fourth-order valence-electron chi connectivity index (χ4n) is 3.74. The van der Waals surface area contributed by atoms with Crippen molar-refractivity contribution in [2.45, 2.75) is 125 Å². The van der Waals surface area contributed by atoms with Gasteiger partial charge < -0.3 is 4.74 Å². The van der Waals surface area contributed by atoms with Crippen LogP contribution in [0.5, 0.6) is 0 Å². The third-order valence-electron chi connectivity index (χ3n) is 6.68. The predicted octanol–water partition coefficient (Wildman–Crippen LogP) is 10.9. The Kier molecular flexibility index (Phi) is 22.0. The van der Waals surface area contributed by atoms with Crippen LogP contribution in [0.2, 0.25) is 0 Å². The minimum absolute atomic E-state index is 0.0635. The first-order valence-corrected chi connectivity index (χ1v) is 16.2. The predicted molar refractivity (Wildman–Crippen MR) is 183 cm³/mol. The van der Waals surface area contributed by atoms with E-state index in [9.17, 15) is 44.3 Å². The molecule has 2 N–H and O–H groups in total. The van der Waals surface area contributed by atoms with Gasteiger partial charge in [0.05, 0.1) is 17.7 Å². The lowest BCUT2D eigenvalue weighted by atomic mass is 9.99. The Balaban J connectivity index is 0. The van der Waals surface area contributed by atoms with E-state index >= 15 is 0 Å². The molecule has 0 radical (unpaired) electrons. The second-order valence-corrected chi connectivity index (χ2v) is 12.7. The van der Waals surface area contributed by atoms with Crippen molar-refractivity contribution in [2.75, 3.05) is 32.2 Å². The van der Waals surface area contributed by atoms with E-state index in [4.69, 9.17) is 4.74 Å². The molecule has 1 aromatic carbocycles. The van der Waals surface area contributed by atoms with Crippen molar-refractivity contribution in [2.24, 2.45) is 10.3 Å². The van der Waals surface area contributed by atoms with Crippen LogP contribution in [-0.2, 0) is 17.3 Å². The van der Waals surface area contributed by atoms with Crippen molar-refractivity contribution in [1.82, 2.24) is 15.9 Å². The van der Waals surface area contributed by atoms with Crippen LogP contribution in [0.15, 0.2) is 45.8 Å². The number of alkyl halides is 9. The van der Waals surface area contributed by atoms with Gasteiger partial charge in [-0.1, -0.05) is 35.9 Å². The summed E-state index contributed by atoms with van der Waals surface area (Å²) in [6, 6.07) is 2.64. The molecular weight excluding hydrogens is 695 g/mol. The van der Waals surface area contributed by atoms with Gasteiger partial charge in [0.15, 0.2) is 0 Å². The van der Waals surface area contributed by atoms with Gasteiger partial charge in [0.1, 0.15) is 12.3 Å². The third-order valence-corrected chi connectivity index (χ3v) is 6.68. The Morgan fingerprint density at radius 1 is 1.02 bits per heavy atom. The van der Waals surface area contributed by atoms with Crippen LogP contribution >= 0.6 is 0 Å². The van der Waals surface area contributed by atoms with Crippen molar-refractivity contribution in [1.29, 1.82) is 0 Å². The molecule has 8 nitrogen and oxygen atoms in total. The number of benzene rings is 1. The molecular formula is C34H55F9N6O2. The molecule has 1 amide bonds. The van der Waals surface area contributed by atoms with E-state index in [0.717, 1.165) is 19.1 Å². The fraction of sp³-hybridized carbons (Fsp3) is 0.676. The van der Waals surface area contributed by atoms with E-state index in [-0.39, 0.29) is 30.3 Å². The van der Waals surface area contributed by atoms with Crippen LogP contribution in [0.3, 0.4) is 0 Å². The molecule has 0 heterocycles. The molecule has 0 spiro atoms. The number of nitrogens with zero attached hydrogens (tertiary/aromatic N) is 4. The molecule has 1 aromatic rings. The van der Waals surface area contributed by atoms with Gasteiger partial charge in [-0.3, -0.25) is 10.2 Å². The molecule has 0 aliphatic heterocycles. The van der Waals surface area contributed by atoms with Crippen LogP contribution in [0, 0.1) is 6.92 Å². The molecule has 0 saturated carbocycles. The van der Waals surface area contributed by atoms with Crippen LogP contribution in [0.4, 0.5) is 50.0 Å². The van der Waals surface area contributed by atoms with Gasteiger partial charge >= 0.3 is 24.6 Å². The van der Waals surface area contributed by atoms with Gasteiger partial charge in [-0.05, 0) is 98.8 Å². The number of anilines is 1. The van der Waals surface area contributed by atoms with Crippen molar-refractivity contribution >= 4 is 11.8 Å². The summed E-state index contributed by atoms with van der Waals surface area (Å²) >= 11 is 0. The molecule has 17 heteroatoms. The normalized spacial score (nSPS) is 13.1. The Bertz CT molecular complexity index is 1260. The number of hydrazine groups is 1. The van der Waals surface area contributed by atoms with Gasteiger partial charge in [-0.25, -0.2) is 15.3 Å². The zero-order chi connectivity index (χ0) is 40.4. The zero-order valence-electron chi connectivity index (χ0n) is 31.6. The molecule has 0 saturated heterocycles. The number of hydrogen-bond donors (Lipinski definition) is 2. The summed E-state index contributed by atoms with van der Waals surface area (Å²) in [7, 11) is 3.44. The second-order valence-electron chi connectivity index (χ2n) is 12.7. The number of halogens is 9. The molecule has 1 unspecified atom stereocenters. The van der Waals surface area contributed by atoms with Gasteiger partial charge in [0.2, 0.25) is 0 Å². The molecule has 0 aromatic heterocycles. The smallest absolute Gasteiger partial charge is 0.416 e. The minimum Gasteiger partial charge on any atom is -0.443 e.